The first-order valence-corrected chi connectivity index (χ1v) is 6.05. The summed E-state index contributed by atoms with van der Waals surface area (Å²) in [5.41, 5.74) is 2.77. The molecule has 0 atom stereocenters. The topological polar surface area (TPSA) is 63.6 Å². The molecule has 1 heterocycles. The lowest BCUT2D eigenvalue weighted by atomic mass is 9.91. The highest BCUT2D eigenvalue weighted by atomic mass is 16.5. The van der Waals surface area contributed by atoms with Crippen LogP contribution in [0.5, 0.6) is 0 Å². The van der Waals surface area contributed by atoms with E-state index in [1.807, 2.05) is 24.3 Å². The molecule has 0 saturated heterocycles. The molecule has 4 heteroatoms. The van der Waals surface area contributed by atoms with Crippen molar-refractivity contribution >= 4 is 11.8 Å². The van der Waals surface area contributed by atoms with Gasteiger partial charge in [-0.25, -0.2) is 4.79 Å². The van der Waals surface area contributed by atoms with E-state index in [4.69, 9.17) is 9.84 Å². The van der Waals surface area contributed by atoms with Gasteiger partial charge in [-0.1, -0.05) is 24.3 Å². The number of Topliss-reactive ketones (excluding diaryl/α,β-unsaturated/α-hetero) is 1. The maximum atomic E-state index is 12.1. The van der Waals surface area contributed by atoms with Gasteiger partial charge in [-0.15, -0.1) is 0 Å². The van der Waals surface area contributed by atoms with Crippen molar-refractivity contribution < 1.29 is 19.4 Å². The zero-order chi connectivity index (χ0) is 13.4. The van der Waals surface area contributed by atoms with Crippen LogP contribution < -0.4 is 0 Å². The van der Waals surface area contributed by atoms with Gasteiger partial charge in [-0.05, 0) is 17.2 Å². The number of rotatable bonds is 1. The molecule has 1 N–H and O–H groups in total. The summed E-state index contributed by atoms with van der Waals surface area (Å²) in [5.74, 6) is -0.818. The molecule has 0 amide bonds. The van der Waals surface area contributed by atoms with Crippen LogP contribution in [0.4, 0.5) is 0 Å². The molecule has 96 valence electrons. The highest BCUT2D eigenvalue weighted by molar-refractivity contribution is 6.05. The molecule has 0 bridgehead atoms. The highest BCUT2D eigenvalue weighted by Crippen LogP contribution is 2.30. The Morgan fingerprint density at radius 2 is 1.89 bits per heavy atom. The van der Waals surface area contributed by atoms with Gasteiger partial charge < -0.3 is 9.84 Å². The van der Waals surface area contributed by atoms with Crippen molar-refractivity contribution in [3.63, 3.8) is 0 Å². The monoisotopic (exact) mass is 256 g/mol. The number of carboxylic acids is 1. The van der Waals surface area contributed by atoms with E-state index in [1.165, 1.54) is 6.08 Å². The molecule has 0 spiro atoms. The molecule has 19 heavy (non-hydrogen) atoms. The molecule has 0 unspecified atom stereocenters. The Hall–Kier alpha value is -2.36. The molecule has 4 nitrogen and oxygen atoms in total. The third-order valence-electron chi connectivity index (χ3n) is 3.43. The van der Waals surface area contributed by atoms with E-state index < -0.39 is 5.97 Å². The Morgan fingerprint density at radius 3 is 2.63 bits per heavy atom. The van der Waals surface area contributed by atoms with Crippen LogP contribution in [0.15, 0.2) is 47.2 Å². The fourth-order valence-corrected chi connectivity index (χ4v) is 2.38. The largest absolute Gasteiger partial charge is 0.488 e. The molecule has 0 saturated carbocycles. The normalized spacial score (nSPS) is 17.9. The number of allylic oxidation sites excluding steroid dienone is 2. The van der Waals surface area contributed by atoms with Gasteiger partial charge in [0.2, 0.25) is 0 Å². The van der Waals surface area contributed by atoms with Crippen molar-refractivity contribution in [1.82, 2.24) is 0 Å². The minimum absolute atomic E-state index is 0.0559. The summed E-state index contributed by atoms with van der Waals surface area (Å²) >= 11 is 0. The van der Waals surface area contributed by atoms with Crippen LogP contribution in [0.3, 0.4) is 0 Å². The SMILES string of the molecule is O=C(O)C1=CC2=C(Cc3ccccc3CO2)C(=O)C1. The fraction of sp³-hybridized carbons (Fsp3) is 0.200. The number of hydrogen-bond acceptors (Lipinski definition) is 3. The quantitative estimate of drug-likeness (QED) is 0.834. The highest BCUT2D eigenvalue weighted by Gasteiger charge is 2.28. The van der Waals surface area contributed by atoms with Crippen molar-refractivity contribution in [3.05, 3.63) is 58.4 Å². The van der Waals surface area contributed by atoms with Crippen molar-refractivity contribution in [2.24, 2.45) is 0 Å². The van der Waals surface area contributed by atoms with Crippen molar-refractivity contribution in [2.45, 2.75) is 19.4 Å². The standard InChI is InChI=1S/C15H12O4/c16-13-6-11(15(17)18)7-14-12(13)5-9-3-1-2-4-10(9)8-19-14/h1-4,7H,5-6,8H2,(H,17,18). The van der Waals surface area contributed by atoms with Gasteiger partial charge >= 0.3 is 5.97 Å². The number of hydrogen-bond donors (Lipinski definition) is 1. The molecule has 1 aliphatic carbocycles. The van der Waals surface area contributed by atoms with E-state index >= 15 is 0 Å². The average Bonchev–Trinajstić information content (AvgIpc) is 2.58. The van der Waals surface area contributed by atoms with Crippen LogP contribution in [-0.2, 0) is 27.4 Å². The second-order valence-electron chi connectivity index (χ2n) is 4.65. The molecule has 1 aromatic carbocycles. The maximum absolute atomic E-state index is 12.1. The van der Waals surface area contributed by atoms with Crippen molar-refractivity contribution in [1.29, 1.82) is 0 Å². The predicted octanol–water partition coefficient (Wildman–Crippen LogP) is 2.00. The number of ether oxygens (including phenoxy) is 1. The molecule has 0 fully saturated rings. The number of carbonyl (C=O) groups is 2. The summed E-state index contributed by atoms with van der Waals surface area (Å²) in [6, 6.07) is 7.78. The van der Waals surface area contributed by atoms with E-state index in [-0.39, 0.29) is 17.8 Å². The van der Waals surface area contributed by atoms with Gasteiger partial charge in [0.1, 0.15) is 12.4 Å². The third kappa shape index (κ3) is 2.05. The van der Waals surface area contributed by atoms with Gasteiger partial charge in [0.15, 0.2) is 5.78 Å². The van der Waals surface area contributed by atoms with Crippen LogP contribution >= 0.6 is 0 Å². The van der Waals surface area contributed by atoms with E-state index in [0.717, 1.165) is 11.1 Å². The van der Waals surface area contributed by atoms with E-state index in [9.17, 15) is 9.59 Å². The summed E-state index contributed by atoms with van der Waals surface area (Å²) < 4.78 is 5.60. The predicted molar refractivity (Wildman–Crippen MR) is 67.3 cm³/mol. The smallest absolute Gasteiger partial charge is 0.332 e. The van der Waals surface area contributed by atoms with Crippen LogP contribution in [0.2, 0.25) is 0 Å². The molecular formula is C15H12O4. The second-order valence-corrected chi connectivity index (χ2v) is 4.65. The van der Waals surface area contributed by atoms with E-state index in [1.54, 1.807) is 0 Å². The number of carbonyl (C=O) groups excluding carboxylic acids is 1. The van der Waals surface area contributed by atoms with Crippen LogP contribution in [0.1, 0.15) is 17.5 Å². The molecular weight excluding hydrogens is 244 g/mol. The van der Waals surface area contributed by atoms with Gasteiger partial charge in [-0.3, -0.25) is 4.79 Å². The molecule has 3 rings (SSSR count). The molecule has 2 aliphatic rings. The summed E-state index contributed by atoms with van der Waals surface area (Å²) in [6.07, 6.45) is 1.93. The minimum Gasteiger partial charge on any atom is -0.488 e. The zero-order valence-electron chi connectivity index (χ0n) is 10.2. The van der Waals surface area contributed by atoms with Crippen LogP contribution in [0.25, 0.3) is 0 Å². The second kappa shape index (κ2) is 4.39. The molecule has 1 aliphatic heterocycles. The Balaban J connectivity index is 2.04. The first-order chi connectivity index (χ1) is 9.15. The summed E-state index contributed by atoms with van der Waals surface area (Å²) in [6.45, 7) is 0.367. The van der Waals surface area contributed by atoms with Crippen molar-refractivity contribution in [2.75, 3.05) is 0 Å². The lowest BCUT2D eigenvalue weighted by molar-refractivity contribution is -0.133. The average molecular weight is 256 g/mol. The lowest BCUT2D eigenvalue weighted by Gasteiger charge is -2.15. The van der Waals surface area contributed by atoms with Gasteiger partial charge in [0.25, 0.3) is 0 Å². The van der Waals surface area contributed by atoms with Gasteiger partial charge in [-0.2, -0.15) is 0 Å². The van der Waals surface area contributed by atoms with E-state index in [2.05, 4.69) is 0 Å². The third-order valence-corrected chi connectivity index (χ3v) is 3.43. The first-order valence-electron chi connectivity index (χ1n) is 6.05. The number of aliphatic carboxylic acids is 1. The Kier molecular flexibility index (Phi) is 2.71. The minimum atomic E-state index is -1.06. The zero-order valence-corrected chi connectivity index (χ0v) is 10.2. The number of carboxylic acid groups (broad SMARTS) is 1. The van der Waals surface area contributed by atoms with Crippen molar-refractivity contribution in [3.8, 4) is 0 Å². The summed E-state index contributed by atoms with van der Waals surface area (Å²) in [4.78, 5) is 23.0. The number of ketones is 1. The lowest BCUT2D eigenvalue weighted by Crippen LogP contribution is -2.17. The molecule has 0 aromatic heterocycles. The first kappa shape index (κ1) is 11.7. The fourth-order valence-electron chi connectivity index (χ4n) is 2.38. The Bertz CT molecular complexity index is 637. The van der Waals surface area contributed by atoms with Gasteiger partial charge in [0, 0.05) is 24.0 Å². The Labute approximate surface area is 110 Å². The maximum Gasteiger partial charge on any atom is 0.332 e. The summed E-state index contributed by atoms with van der Waals surface area (Å²) in [7, 11) is 0. The van der Waals surface area contributed by atoms with E-state index in [0.29, 0.717) is 24.4 Å². The van der Waals surface area contributed by atoms with Crippen LogP contribution in [0, 0.1) is 0 Å². The molecule has 1 aromatic rings. The van der Waals surface area contributed by atoms with Crippen LogP contribution in [-0.4, -0.2) is 16.9 Å². The molecule has 0 radical (unpaired) electrons. The number of fused-ring (bicyclic) bond motifs is 1. The Morgan fingerprint density at radius 1 is 1.16 bits per heavy atom. The number of benzene rings is 1. The summed E-state index contributed by atoms with van der Waals surface area (Å²) in [5, 5.41) is 8.99. The van der Waals surface area contributed by atoms with Gasteiger partial charge in [0.05, 0.1) is 0 Å².